The third kappa shape index (κ3) is 5.89. The maximum absolute atomic E-state index is 12.1. The van der Waals surface area contributed by atoms with E-state index in [2.05, 4.69) is 32.3 Å². The van der Waals surface area contributed by atoms with Crippen LogP contribution in [0.25, 0.3) is 0 Å². The van der Waals surface area contributed by atoms with Gasteiger partial charge in [-0.3, -0.25) is 4.79 Å². The monoisotopic (exact) mass is 325 g/mol. The molecule has 1 amide bonds. The molecule has 2 rings (SSSR count). The minimum Gasteiger partial charge on any atom is -0.384 e. The van der Waals surface area contributed by atoms with Crippen LogP contribution in [0.1, 0.15) is 31.1 Å². The third-order valence-electron chi connectivity index (χ3n) is 4.01. The van der Waals surface area contributed by atoms with Crippen molar-refractivity contribution in [1.82, 2.24) is 25.3 Å². The van der Waals surface area contributed by atoms with E-state index in [0.717, 1.165) is 32.7 Å². The predicted molar refractivity (Wildman–Crippen MR) is 85.0 cm³/mol. The first-order chi connectivity index (χ1) is 11.1. The van der Waals surface area contributed by atoms with Crippen LogP contribution < -0.4 is 5.32 Å². The molecule has 130 valence electrons. The number of methoxy groups -OCH3 is 1. The number of carbonyl (C=O) groups is 1. The number of ether oxygens (including phenoxy) is 1. The van der Waals surface area contributed by atoms with Crippen LogP contribution in [0.4, 0.5) is 0 Å². The molecule has 1 fully saturated rings. The topological polar surface area (TPSA) is 83.7 Å². The Morgan fingerprint density at radius 2 is 2.13 bits per heavy atom. The first kappa shape index (κ1) is 17.8. The molecular weight excluding hydrogens is 298 g/mol. The highest BCUT2D eigenvalue weighted by atomic mass is 16.5. The van der Waals surface area contributed by atoms with Crippen molar-refractivity contribution in [3.05, 3.63) is 11.7 Å². The van der Waals surface area contributed by atoms with E-state index in [-0.39, 0.29) is 11.9 Å². The van der Waals surface area contributed by atoms with E-state index in [1.54, 1.807) is 7.11 Å². The summed E-state index contributed by atoms with van der Waals surface area (Å²) >= 11 is 0. The zero-order chi connectivity index (χ0) is 16.7. The van der Waals surface area contributed by atoms with E-state index < -0.39 is 0 Å². The highest BCUT2D eigenvalue weighted by Gasteiger charge is 2.18. The Bertz CT molecular complexity index is 485. The maximum atomic E-state index is 12.1. The molecule has 8 heteroatoms. The van der Waals surface area contributed by atoms with Crippen LogP contribution in [-0.2, 0) is 16.0 Å². The van der Waals surface area contributed by atoms with Gasteiger partial charge in [0.2, 0.25) is 11.8 Å². The van der Waals surface area contributed by atoms with Crippen molar-refractivity contribution in [3.63, 3.8) is 0 Å². The lowest BCUT2D eigenvalue weighted by molar-refractivity contribution is -0.122. The van der Waals surface area contributed by atoms with Crippen LogP contribution in [0.15, 0.2) is 4.52 Å². The highest BCUT2D eigenvalue weighted by molar-refractivity contribution is 5.76. The summed E-state index contributed by atoms with van der Waals surface area (Å²) in [6.45, 7) is 7.34. The summed E-state index contributed by atoms with van der Waals surface area (Å²) in [7, 11) is 3.75. The summed E-state index contributed by atoms with van der Waals surface area (Å²) in [5.41, 5.74) is 0. The molecule has 0 unspecified atom stereocenters. The molecular formula is C15H27N5O3. The Balaban J connectivity index is 1.70. The molecule has 0 spiro atoms. The van der Waals surface area contributed by atoms with Crippen molar-refractivity contribution in [3.8, 4) is 0 Å². The summed E-state index contributed by atoms with van der Waals surface area (Å²) in [5, 5.41) is 6.79. The lowest BCUT2D eigenvalue weighted by atomic mass is 10.2. The van der Waals surface area contributed by atoms with Gasteiger partial charge in [0.15, 0.2) is 5.82 Å². The van der Waals surface area contributed by atoms with Crippen LogP contribution in [0.3, 0.4) is 0 Å². The zero-order valence-corrected chi connectivity index (χ0v) is 14.2. The van der Waals surface area contributed by atoms with Crippen LogP contribution >= 0.6 is 0 Å². The van der Waals surface area contributed by atoms with Crippen molar-refractivity contribution >= 4 is 5.91 Å². The van der Waals surface area contributed by atoms with E-state index in [1.165, 1.54) is 0 Å². The molecule has 0 aliphatic carbocycles. The van der Waals surface area contributed by atoms with E-state index in [1.807, 2.05) is 6.92 Å². The van der Waals surface area contributed by atoms with E-state index in [4.69, 9.17) is 9.26 Å². The van der Waals surface area contributed by atoms with Gasteiger partial charge in [0.1, 0.15) is 6.04 Å². The molecule has 1 aliphatic heterocycles. The molecule has 0 radical (unpaired) electrons. The van der Waals surface area contributed by atoms with Gasteiger partial charge in [-0.25, -0.2) is 0 Å². The van der Waals surface area contributed by atoms with Gasteiger partial charge in [0.05, 0.1) is 6.61 Å². The largest absolute Gasteiger partial charge is 0.384 e. The minimum atomic E-state index is -0.279. The summed E-state index contributed by atoms with van der Waals surface area (Å²) in [4.78, 5) is 20.9. The van der Waals surface area contributed by atoms with Crippen LogP contribution in [0.5, 0.6) is 0 Å². The Kier molecular flexibility index (Phi) is 6.94. The lowest BCUT2D eigenvalue weighted by Gasteiger charge is -2.32. The number of hydrogen-bond acceptors (Lipinski definition) is 7. The zero-order valence-electron chi connectivity index (χ0n) is 14.2. The van der Waals surface area contributed by atoms with Crippen molar-refractivity contribution < 1.29 is 14.1 Å². The molecule has 8 nitrogen and oxygen atoms in total. The molecule has 1 N–H and O–H groups in total. The molecule has 1 aromatic rings. The number of nitrogens with one attached hydrogen (secondary N) is 1. The Hall–Kier alpha value is -1.51. The van der Waals surface area contributed by atoms with Gasteiger partial charge in [-0.2, -0.15) is 4.98 Å². The average Bonchev–Trinajstić information content (AvgIpc) is 3.01. The quantitative estimate of drug-likeness (QED) is 0.724. The Morgan fingerprint density at radius 1 is 1.39 bits per heavy atom. The molecule has 1 saturated heterocycles. The van der Waals surface area contributed by atoms with Crippen molar-refractivity contribution in [1.29, 1.82) is 0 Å². The standard InChI is InChI=1S/C15H27N5O3/c1-12(15-17-13(18-23-15)5-11-22-3)16-14(21)4-6-20-9-7-19(2)8-10-20/h12H,4-11H2,1-3H3,(H,16,21)/t12-/m1/s1. The number of nitrogens with zero attached hydrogens (tertiary/aromatic N) is 4. The van der Waals surface area contributed by atoms with Crippen molar-refractivity contribution in [2.75, 3.05) is 53.5 Å². The fraction of sp³-hybridized carbons (Fsp3) is 0.800. The van der Waals surface area contributed by atoms with Gasteiger partial charge in [0.25, 0.3) is 0 Å². The Labute approximate surface area is 137 Å². The van der Waals surface area contributed by atoms with Gasteiger partial charge in [-0.05, 0) is 14.0 Å². The molecule has 0 bridgehead atoms. The first-order valence-corrected chi connectivity index (χ1v) is 8.10. The number of rotatable bonds is 8. The summed E-state index contributed by atoms with van der Waals surface area (Å²) < 4.78 is 10.2. The second kappa shape index (κ2) is 8.95. The van der Waals surface area contributed by atoms with E-state index in [9.17, 15) is 4.79 Å². The molecule has 0 saturated carbocycles. The number of aromatic nitrogens is 2. The molecule has 1 atom stereocenters. The van der Waals surface area contributed by atoms with Crippen LogP contribution in [-0.4, -0.2) is 79.3 Å². The van der Waals surface area contributed by atoms with Crippen molar-refractivity contribution in [2.24, 2.45) is 0 Å². The average molecular weight is 325 g/mol. The normalized spacial score (nSPS) is 18.0. The minimum absolute atomic E-state index is 0.00747. The molecule has 23 heavy (non-hydrogen) atoms. The van der Waals surface area contributed by atoms with Gasteiger partial charge in [0, 0.05) is 52.7 Å². The Morgan fingerprint density at radius 3 is 2.83 bits per heavy atom. The van der Waals surface area contributed by atoms with Crippen LogP contribution in [0.2, 0.25) is 0 Å². The van der Waals surface area contributed by atoms with Gasteiger partial charge in [-0.1, -0.05) is 5.16 Å². The summed E-state index contributed by atoms with van der Waals surface area (Å²) in [5.74, 6) is 1.04. The molecule has 0 aromatic carbocycles. The van der Waals surface area contributed by atoms with Gasteiger partial charge in [-0.15, -0.1) is 0 Å². The van der Waals surface area contributed by atoms with Crippen molar-refractivity contribution in [2.45, 2.75) is 25.8 Å². The number of likely N-dealkylation sites (N-methyl/N-ethyl adjacent to an activating group) is 1. The number of amides is 1. The summed E-state index contributed by atoms with van der Waals surface area (Å²) in [6, 6.07) is -0.279. The first-order valence-electron chi connectivity index (χ1n) is 8.10. The maximum Gasteiger partial charge on any atom is 0.248 e. The highest BCUT2D eigenvalue weighted by Crippen LogP contribution is 2.10. The van der Waals surface area contributed by atoms with E-state index in [0.29, 0.717) is 31.2 Å². The second-order valence-electron chi connectivity index (χ2n) is 5.98. The van der Waals surface area contributed by atoms with Gasteiger partial charge < -0.3 is 24.4 Å². The van der Waals surface area contributed by atoms with E-state index >= 15 is 0 Å². The summed E-state index contributed by atoms with van der Waals surface area (Å²) in [6.07, 6.45) is 1.09. The number of piperazine rings is 1. The SMILES string of the molecule is COCCc1noc([C@@H](C)NC(=O)CCN2CCN(C)CC2)n1. The predicted octanol–water partition coefficient (Wildman–Crippen LogP) is 0.0732. The molecule has 2 heterocycles. The second-order valence-corrected chi connectivity index (χ2v) is 5.98. The smallest absolute Gasteiger partial charge is 0.248 e. The fourth-order valence-electron chi connectivity index (χ4n) is 2.44. The third-order valence-corrected chi connectivity index (χ3v) is 4.01. The lowest BCUT2D eigenvalue weighted by Crippen LogP contribution is -2.45. The molecule has 1 aromatic heterocycles. The number of hydrogen-bond donors (Lipinski definition) is 1. The van der Waals surface area contributed by atoms with Gasteiger partial charge >= 0.3 is 0 Å². The molecule has 1 aliphatic rings. The van der Waals surface area contributed by atoms with Crippen LogP contribution in [0, 0.1) is 0 Å². The fourth-order valence-corrected chi connectivity index (χ4v) is 2.44. The number of carbonyl (C=O) groups excluding carboxylic acids is 1.